The maximum absolute atomic E-state index is 13.1. The van der Waals surface area contributed by atoms with E-state index in [1.54, 1.807) is 64.3 Å². The molecule has 1 unspecified atom stereocenters. The lowest BCUT2D eigenvalue weighted by Gasteiger charge is -2.35. The third kappa shape index (κ3) is 4.42. The van der Waals surface area contributed by atoms with E-state index in [4.69, 9.17) is 14.2 Å². The number of rotatable bonds is 7. The number of nitrogens with one attached hydrogen (secondary N) is 1. The summed E-state index contributed by atoms with van der Waals surface area (Å²) >= 11 is 0. The molecule has 0 radical (unpaired) electrons. The molecule has 2 amide bonds. The Morgan fingerprint density at radius 3 is 2.45 bits per heavy atom. The first-order chi connectivity index (χ1) is 14.9. The third-order valence-corrected chi connectivity index (χ3v) is 4.93. The summed E-state index contributed by atoms with van der Waals surface area (Å²) in [7, 11) is 1.56. The average Bonchev–Trinajstić information content (AvgIpc) is 2.75. The number of urea groups is 1. The van der Waals surface area contributed by atoms with E-state index in [2.05, 4.69) is 5.32 Å². The fourth-order valence-corrected chi connectivity index (χ4v) is 3.49. The number of esters is 1. The van der Waals surface area contributed by atoms with Gasteiger partial charge in [0.15, 0.2) is 11.5 Å². The van der Waals surface area contributed by atoms with Gasteiger partial charge in [0, 0.05) is 5.70 Å². The summed E-state index contributed by atoms with van der Waals surface area (Å²) in [5.74, 6) is 0.368. The number of amides is 2. The van der Waals surface area contributed by atoms with Gasteiger partial charge in [-0.25, -0.2) is 9.59 Å². The van der Waals surface area contributed by atoms with Gasteiger partial charge in [0.2, 0.25) is 0 Å². The maximum Gasteiger partial charge on any atom is 0.338 e. The van der Waals surface area contributed by atoms with Crippen LogP contribution >= 0.6 is 0 Å². The van der Waals surface area contributed by atoms with Gasteiger partial charge >= 0.3 is 12.0 Å². The molecule has 2 aromatic carbocycles. The Kier molecular flexibility index (Phi) is 6.69. The molecule has 1 atom stereocenters. The zero-order valence-electron chi connectivity index (χ0n) is 18.0. The van der Waals surface area contributed by atoms with E-state index >= 15 is 0 Å². The molecule has 0 bridgehead atoms. The lowest BCUT2D eigenvalue weighted by atomic mass is 9.94. The van der Waals surface area contributed by atoms with Gasteiger partial charge in [-0.15, -0.1) is 0 Å². The van der Waals surface area contributed by atoms with Crippen LogP contribution in [-0.4, -0.2) is 37.4 Å². The Balaban J connectivity index is 2.10. The van der Waals surface area contributed by atoms with E-state index in [0.717, 1.165) is 0 Å². The standard InChI is InChI=1S/C23H26N2O6/c1-5-30-19-13-15(7-12-18(19)26)21-20(22(27)31-6-2)14(3)25(23(28)24-21)16-8-10-17(29-4)11-9-16/h7-13,21,26H,5-6H2,1-4H3,(H,24,28). The molecule has 0 fully saturated rings. The highest BCUT2D eigenvalue weighted by molar-refractivity contribution is 6.03. The van der Waals surface area contributed by atoms with E-state index in [-0.39, 0.29) is 18.1 Å². The monoisotopic (exact) mass is 426 g/mol. The Hall–Kier alpha value is -3.68. The van der Waals surface area contributed by atoms with Crippen molar-refractivity contribution >= 4 is 17.7 Å². The van der Waals surface area contributed by atoms with Crippen LogP contribution in [0.4, 0.5) is 10.5 Å². The summed E-state index contributed by atoms with van der Waals surface area (Å²) in [5, 5.41) is 12.9. The van der Waals surface area contributed by atoms with Crippen LogP contribution in [0.25, 0.3) is 0 Å². The van der Waals surface area contributed by atoms with Crippen LogP contribution in [-0.2, 0) is 9.53 Å². The number of nitrogens with zero attached hydrogens (tertiary/aromatic N) is 1. The molecular weight excluding hydrogens is 400 g/mol. The summed E-state index contributed by atoms with van der Waals surface area (Å²) < 4.78 is 15.9. The van der Waals surface area contributed by atoms with Crippen LogP contribution in [0, 0.1) is 0 Å². The summed E-state index contributed by atoms with van der Waals surface area (Å²) in [5.41, 5.74) is 1.91. The largest absolute Gasteiger partial charge is 0.504 e. The van der Waals surface area contributed by atoms with Crippen LogP contribution in [0.1, 0.15) is 32.4 Å². The van der Waals surface area contributed by atoms with Gasteiger partial charge in [-0.1, -0.05) is 6.07 Å². The Morgan fingerprint density at radius 2 is 1.84 bits per heavy atom. The first-order valence-corrected chi connectivity index (χ1v) is 9.99. The van der Waals surface area contributed by atoms with E-state index < -0.39 is 18.0 Å². The number of phenolic OH excluding ortho intramolecular Hbond substituents is 1. The predicted molar refractivity (Wildman–Crippen MR) is 115 cm³/mol. The molecule has 3 rings (SSSR count). The Morgan fingerprint density at radius 1 is 1.13 bits per heavy atom. The molecule has 1 heterocycles. The summed E-state index contributed by atoms with van der Waals surface area (Å²) in [6.07, 6.45) is 0. The number of benzene rings is 2. The molecule has 2 N–H and O–H groups in total. The highest BCUT2D eigenvalue weighted by Gasteiger charge is 2.37. The first-order valence-electron chi connectivity index (χ1n) is 9.99. The van der Waals surface area contributed by atoms with E-state index in [1.807, 2.05) is 0 Å². The summed E-state index contributed by atoms with van der Waals surface area (Å²) in [4.78, 5) is 27.4. The first kappa shape index (κ1) is 22.0. The van der Waals surface area contributed by atoms with Crippen LogP contribution in [0.2, 0.25) is 0 Å². The minimum Gasteiger partial charge on any atom is -0.504 e. The number of methoxy groups -OCH3 is 1. The molecule has 0 aromatic heterocycles. The molecule has 0 saturated heterocycles. The van der Waals surface area contributed by atoms with Crippen molar-refractivity contribution in [2.75, 3.05) is 25.2 Å². The molecule has 164 valence electrons. The van der Waals surface area contributed by atoms with Crippen LogP contribution in [0.3, 0.4) is 0 Å². The number of hydrogen-bond acceptors (Lipinski definition) is 6. The minimum absolute atomic E-state index is 0.0222. The van der Waals surface area contributed by atoms with Crippen molar-refractivity contribution in [3.05, 3.63) is 59.3 Å². The van der Waals surface area contributed by atoms with Crippen LogP contribution in [0.5, 0.6) is 17.2 Å². The molecule has 2 aromatic rings. The number of hydrogen-bond donors (Lipinski definition) is 2. The highest BCUT2D eigenvalue weighted by atomic mass is 16.5. The number of anilines is 1. The number of carbonyl (C=O) groups excluding carboxylic acids is 2. The van der Waals surface area contributed by atoms with Crippen molar-refractivity contribution in [3.8, 4) is 17.2 Å². The lowest BCUT2D eigenvalue weighted by molar-refractivity contribution is -0.139. The molecule has 8 heteroatoms. The quantitative estimate of drug-likeness (QED) is 0.652. The summed E-state index contributed by atoms with van der Waals surface area (Å²) in [6, 6.07) is 10.5. The van der Waals surface area contributed by atoms with Crippen molar-refractivity contribution in [2.24, 2.45) is 0 Å². The van der Waals surface area contributed by atoms with Crippen LogP contribution in [0.15, 0.2) is 53.7 Å². The highest BCUT2D eigenvalue weighted by Crippen LogP contribution is 2.37. The SMILES string of the molecule is CCOC(=O)C1=C(C)N(c2ccc(OC)cc2)C(=O)NC1c1ccc(O)c(OCC)c1. The van der Waals surface area contributed by atoms with Crippen molar-refractivity contribution in [3.63, 3.8) is 0 Å². The van der Waals surface area contributed by atoms with Crippen molar-refractivity contribution in [1.82, 2.24) is 5.32 Å². The molecule has 0 aliphatic carbocycles. The number of allylic oxidation sites excluding steroid dienone is 1. The fourth-order valence-electron chi connectivity index (χ4n) is 3.49. The molecule has 1 aliphatic rings. The second kappa shape index (κ2) is 9.42. The van der Waals surface area contributed by atoms with Gasteiger partial charge in [0.25, 0.3) is 0 Å². The maximum atomic E-state index is 13.1. The van der Waals surface area contributed by atoms with Gasteiger partial charge in [0.1, 0.15) is 5.75 Å². The van der Waals surface area contributed by atoms with E-state index in [0.29, 0.717) is 34.9 Å². The zero-order valence-corrected chi connectivity index (χ0v) is 18.0. The third-order valence-electron chi connectivity index (χ3n) is 4.93. The van der Waals surface area contributed by atoms with E-state index in [9.17, 15) is 14.7 Å². The van der Waals surface area contributed by atoms with Gasteiger partial charge in [-0.2, -0.15) is 0 Å². The smallest absolute Gasteiger partial charge is 0.338 e. The summed E-state index contributed by atoms with van der Waals surface area (Å²) in [6.45, 7) is 5.78. The fraction of sp³-hybridized carbons (Fsp3) is 0.304. The second-order valence-electron chi connectivity index (χ2n) is 6.80. The topological polar surface area (TPSA) is 97.3 Å². The second-order valence-corrected chi connectivity index (χ2v) is 6.80. The number of carbonyl (C=O) groups is 2. The number of aromatic hydroxyl groups is 1. The predicted octanol–water partition coefficient (Wildman–Crippen LogP) is 3.91. The minimum atomic E-state index is -0.763. The zero-order chi connectivity index (χ0) is 22.5. The van der Waals surface area contributed by atoms with Gasteiger partial charge < -0.3 is 24.6 Å². The Labute approximate surface area is 181 Å². The van der Waals surface area contributed by atoms with Crippen molar-refractivity contribution < 1.29 is 28.9 Å². The number of ether oxygens (including phenoxy) is 3. The van der Waals surface area contributed by atoms with Gasteiger partial charge in [0.05, 0.1) is 37.6 Å². The molecule has 0 saturated carbocycles. The normalized spacial score (nSPS) is 16.1. The average molecular weight is 426 g/mol. The van der Waals surface area contributed by atoms with Gasteiger partial charge in [-0.3, -0.25) is 4.90 Å². The van der Waals surface area contributed by atoms with Crippen molar-refractivity contribution in [1.29, 1.82) is 0 Å². The Bertz CT molecular complexity index is 1000. The molecule has 0 spiro atoms. The number of phenols is 1. The van der Waals surface area contributed by atoms with Gasteiger partial charge in [-0.05, 0) is 62.7 Å². The molecular formula is C23H26N2O6. The van der Waals surface area contributed by atoms with E-state index in [1.165, 1.54) is 11.0 Å². The van der Waals surface area contributed by atoms with Crippen molar-refractivity contribution in [2.45, 2.75) is 26.8 Å². The molecule has 1 aliphatic heterocycles. The van der Waals surface area contributed by atoms with Crippen LogP contribution < -0.4 is 19.7 Å². The molecule has 31 heavy (non-hydrogen) atoms. The lowest BCUT2D eigenvalue weighted by Crippen LogP contribution is -2.48. The molecule has 8 nitrogen and oxygen atoms in total.